The molecule has 1 aliphatic rings. The molecule has 3 rings (SSSR count). The first-order chi connectivity index (χ1) is 8.83. The normalized spacial score (nSPS) is 18.8. The maximum absolute atomic E-state index is 12.1. The van der Waals surface area contributed by atoms with Crippen molar-refractivity contribution in [2.24, 2.45) is 0 Å². The molecule has 1 atom stereocenters. The fourth-order valence-corrected chi connectivity index (χ4v) is 2.95. The highest BCUT2D eigenvalue weighted by molar-refractivity contribution is 7.16. The molecule has 0 unspecified atom stereocenters. The van der Waals surface area contributed by atoms with Crippen LogP contribution in [0.1, 0.15) is 19.3 Å². The van der Waals surface area contributed by atoms with Crippen LogP contribution >= 0.6 is 23.7 Å². The van der Waals surface area contributed by atoms with E-state index >= 15 is 0 Å². The van der Waals surface area contributed by atoms with Gasteiger partial charge in [0.25, 0.3) is 0 Å². The van der Waals surface area contributed by atoms with Crippen molar-refractivity contribution in [3.05, 3.63) is 23.7 Å². The Labute approximate surface area is 122 Å². The molecule has 102 valence electrons. The third-order valence-electron chi connectivity index (χ3n) is 3.23. The Bertz CT molecular complexity index is 566. The summed E-state index contributed by atoms with van der Waals surface area (Å²) in [5.74, 6) is 0.0681. The fraction of sp³-hybridized carbons (Fsp3) is 0.385. The molecule has 2 N–H and O–H groups in total. The van der Waals surface area contributed by atoms with Crippen molar-refractivity contribution < 1.29 is 4.79 Å². The van der Waals surface area contributed by atoms with Crippen LogP contribution in [0.4, 0.5) is 5.69 Å². The summed E-state index contributed by atoms with van der Waals surface area (Å²) in [4.78, 5) is 16.3. The number of nitrogens with zero attached hydrogens (tertiary/aromatic N) is 1. The average Bonchev–Trinajstić information content (AvgIpc) is 2.87. The number of anilines is 1. The molecule has 0 bridgehead atoms. The number of benzene rings is 1. The number of hydrogen-bond acceptors (Lipinski definition) is 4. The van der Waals surface area contributed by atoms with Gasteiger partial charge in [0.15, 0.2) is 0 Å². The zero-order valence-corrected chi connectivity index (χ0v) is 12.0. The predicted molar refractivity (Wildman–Crippen MR) is 81.1 cm³/mol. The van der Waals surface area contributed by atoms with E-state index in [9.17, 15) is 4.79 Å². The molecule has 1 fully saturated rings. The van der Waals surface area contributed by atoms with Gasteiger partial charge in [-0.3, -0.25) is 4.79 Å². The lowest BCUT2D eigenvalue weighted by Crippen LogP contribution is -2.43. The maximum Gasteiger partial charge on any atom is 0.241 e. The van der Waals surface area contributed by atoms with Crippen LogP contribution in [0.15, 0.2) is 23.7 Å². The topological polar surface area (TPSA) is 54.0 Å². The second kappa shape index (κ2) is 6.32. The van der Waals surface area contributed by atoms with E-state index in [1.807, 2.05) is 23.7 Å². The molecule has 1 aromatic carbocycles. The number of hydrogen-bond donors (Lipinski definition) is 2. The zero-order valence-electron chi connectivity index (χ0n) is 10.4. The van der Waals surface area contributed by atoms with Crippen molar-refractivity contribution in [1.29, 1.82) is 0 Å². The highest BCUT2D eigenvalue weighted by atomic mass is 35.5. The Balaban J connectivity index is 0.00000133. The smallest absolute Gasteiger partial charge is 0.241 e. The SMILES string of the molecule is Cl.O=C(Nc1ccc2ncsc2c1)[C@H]1CCCCN1. The summed E-state index contributed by atoms with van der Waals surface area (Å²) in [6.45, 7) is 0.936. The Morgan fingerprint density at radius 1 is 1.42 bits per heavy atom. The van der Waals surface area contributed by atoms with Gasteiger partial charge in [-0.1, -0.05) is 6.42 Å². The predicted octanol–water partition coefficient (Wildman–Crippen LogP) is 2.80. The lowest BCUT2D eigenvalue weighted by molar-refractivity contribution is -0.118. The number of aromatic nitrogens is 1. The lowest BCUT2D eigenvalue weighted by atomic mass is 10.0. The largest absolute Gasteiger partial charge is 0.325 e. The number of carbonyl (C=O) groups is 1. The minimum Gasteiger partial charge on any atom is -0.325 e. The van der Waals surface area contributed by atoms with Crippen LogP contribution in [0.25, 0.3) is 10.2 Å². The van der Waals surface area contributed by atoms with Gasteiger partial charge in [0.1, 0.15) is 0 Å². The van der Waals surface area contributed by atoms with E-state index in [1.165, 1.54) is 0 Å². The van der Waals surface area contributed by atoms with Crippen LogP contribution in [-0.4, -0.2) is 23.5 Å². The van der Waals surface area contributed by atoms with E-state index in [0.29, 0.717) is 0 Å². The summed E-state index contributed by atoms with van der Waals surface area (Å²) in [5.41, 5.74) is 3.65. The number of amides is 1. The van der Waals surface area contributed by atoms with Crippen LogP contribution < -0.4 is 10.6 Å². The van der Waals surface area contributed by atoms with Gasteiger partial charge in [0.05, 0.1) is 21.8 Å². The van der Waals surface area contributed by atoms with E-state index in [4.69, 9.17) is 0 Å². The molecule has 6 heteroatoms. The maximum atomic E-state index is 12.1. The summed E-state index contributed by atoms with van der Waals surface area (Å²) >= 11 is 1.59. The van der Waals surface area contributed by atoms with Crippen molar-refractivity contribution >= 4 is 45.6 Å². The molecule has 2 aromatic rings. The Morgan fingerprint density at radius 3 is 3.11 bits per heavy atom. The van der Waals surface area contributed by atoms with E-state index in [-0.39, 0.29) is 24.4 Å². The molecular formula is C13H16ClN3OS. The number of piperidine rings is 1. The third kappa shape index (κ3) is 3.23. The highest BCUT2D eigenvalue weighted by Crippen LogP contribution is 2.22. The monoisotopic (exact) mass is 297 g/mol. The standard InChI is InChI=1S/C13H15N3OS.ClH/c17-13(11-3-1-2-6-14-11)16-9-4-5-10-12(7-9)18-8-15-10;/h4-5,7-8,11,14H,1-3,6H2,(H,16,17);1H/t11-;/m1./s1. The molecule has 1 amide bonds. The molecule has 1 aromatic heterocycles. The van der Waals surface area contributed by atoms with Gasteiger partial charge < -0.3 is 10.6 Å². The van der Waals surface area contributed by atoms with E-state index in [1.54, 1.807) is 11.3 Å². The molecule has 0 saturated carbocycles. The van der Waals surface area contributed by atoms with Crippen LogP contribution in [0.2, 0.25) is 0 Å². The molecular weight excluding hydrogens is 282 g/mol. The minimum atomic E-state index is -0.0455. The van der Waals surface area contributed by atoms with Crippen molar-refractivity contribution in [1.82, 2.24) is 10.3 Å². The van der Waals surface area contributed by atoms with Gasteiger partial charge in [-0.2, -0.15) is 0 Å². The number of thiazole rings is 1. The van der Waals surface area contributed by atoms with Crippen molar-refractivity contribution in [2.75, 3.05) is 11.9 Å². The summed E-state index contributed by atoms with van der Waals surface area (Å²) in [5, 5.41) is 6.22. The molecule has 1 saturated heterocycles. The quantitative estimate of drug-likeness (QED) is 0.896. The first kappa shape index (κ1) is 14.2. The molecule has 1 aliphatic heterocycles. The second-order valence-electron chi connectivity index (χ2n) is 4.53. The van der Waals surface area contributed by atoms with Crippen LogP contribution in [0, 0.1) is 0 Å². The van der Waals surface area contributed by atoms with Crippen LogP contribution in [0.3, 0.4) is 0 Å². The first-order valence-electron chi connectivity index (χ1n) is 6.20. The van der Waals surface area contributed by atoms with E-state index in [2.05, 4.69) is 15.6 Å². The highest BCUT2D eigenvalue weighted by Gasteiger charge is 2.20. The van der Waals surface area contributed by atoms with E-state index in [0.717, 1.165) is 41.7 Å². The second-order valence-corrected chi connectivity index (χ2v) is 5.41. The lowest BCUT2D eigenvalue weighted by Gasteiger charge is -2.22. The van der Waals surface area contributed by atoms with Crippen LogP contribution in [-0.2, 0) is 4.79 Å². The first-order valence-corrected chi connectivity index (χ1v) is 7.08. The van der Waals surface area contributed by atoms with Crippen molar-refractivity contribution in [3.63, 3.8) is 0 Å². The number of rotatable bonds is 2. The molecule has 19 heavy (non-hydrogen) atoms. The Hall–Kier alpha value is -1.17. The van der Waals surface area contributed by atoms with E-state index < -0.39 is 0 Å². The summed E-state index contributed by atoms with van der Waals surface area (Å²) in [6.07, 6.45) is 3.21. The Morgan fingerprint density at radius 2 is 2.32 bits per heavy atom. The molecule has 0 spiro atoms. The summed E-state index contributed by atoms with van der Waals surface area (Å²) in [6, 6.07) is 5.78. The van der Waals surface area contributed by atoms with Gasteiger partial charge in [-0.25, -0.2) is 4.98 Å². The van der Waals surface area contributed by atoms with Gasteiger partial charge >= 0.3 is 0 Å². The fourth-order valence-electron chi connectivity index (χ4n) is 2.24. The van der Waals surface area contributed by atoms with Gasteiger partial charge in [0.2, 0.25) is 5.91 Å². The third-order valence-corrected chi connectivity index (χ3v) is 4.02. The molecule has 0 radical (unpaired) electrons. The van der Waals surface area contributed by atoms with Crippen LogP contribution in [0.5, 0.6) is 0 Å². The summed E-state index contributed by atoms with van der Waals surface area (Å²) < 4.78 is 1.10. The number of carbonyl (C=O) groups excluding carboxylic acids is 1. The number of fused-ring (bicyclic) bond motifs is 1. The zero-order chi connectivity index (χ0) is 12.4. The van der Waals surface area contributed by atoms with Gasteiger partial charge in [0, 0.05) is 5.69 Å². The number of halogens is 1. The average molecular weight is 298 g/mol. The van der Waals surface area contributed by atoms with Crippen molar-refractivity contribution in [3.8, 4) is 0 Å². The van der Waals surface area contributed by atoms with Crippen molar-refractivity contribution in [2.45, 2.75) is 25.3 Å². The molecule has 0 aliphatic carbocycles. The molecule has 4 nitrogen and oxygen atoms in total. The summed E-state index contributed by atoms with van der Waals surface area (Å²) in [7, 11) is 0. The van der Waals surface area contributed by atoms with Gasteiger partial charge in [-0.05, 0) is 37.6 Å². The number of nitrogens with one attached hydrogen (secondary N) is 2. The Kier molecular flexibility index (Phi) is 4.74. The minimum absolute atomic E-state index is 0. The molecule has 2 heterocycles. The van der Waals surface area contributed by atoms with Gasteiger partial charge in [-0.15, -0.1) is 23.7 Å².